The van der Waals surface area contributed by atoms with Crippen LogP contribution in [0.5, 0.6) is 11.6 Å². The van der Waals surface area contributed by atoms with Gasteiger partial charge in [-0.15, -0.1) is 0 Å². The van der Waals surface area contributed by atoms with E-state index in [1.165, 1.54) is 0 Å². The summed E-state index contributed by atoms with van der Waals surface area (Å²) in [6.45, 7) is 0.591. The highest BCUT2D eigenvalue weighted by Crippen LogP contribution is 2.38. The van der Waals surface area contributed by atoms with Crippen LogP contribution in [-0.4, -0.2) is 29.4 Å². The molecule has 2 heterocycles. The van der Waals surface area contributed by atoms with E-state index >= 15 is 0 Å². The predicted molar refractivity (Wildman–Crippen MR) is 85.8 cm³/mol. The van der Waals surface area contributed by atoms with Crippen molar-refractivity contribution in [2.24, 2.45) is 0 Å². The number of rotatable bonds is 3. The summed E-state index contributed by atoms with van der Waals surface area (Å²) >= 11 is 7.63. The number of anilines is 1. The maximum atomic E-state index is 12.8. The van der Waals surface area contributed by atoms with Crippen molar-refractivity contribution in [2.45, 2.75) is 0 Å². The number of amides is 1. The van der Waals surface area contributed by atoms with Crippen LogP contribution in [0.4, 0.5) is 5.69 Å². The van der Waals surface area contributed by atoms with Gasteiger partial charge in [0, 0.05) is 12.3 Å². The van der Waals surface area contributed by atoms with Crippen LogP contribution in [0, 0.1) is 0 Å². The monoisotopic (exact) mass is 320 g/mol. The van der Waals surface area contributed by atoms with Crippen LogP contribution in [0.1, 0.15) is 10.4 Å². The Labute approximate surface area is 132 Å². The lowest BCUT2D eigenvalue weighted by Gasteiger charge is -2.21. The van der Waals surface area contributed by atoms with Crippen LogP contribution in [0.3, 0.4) is 0 Å². The van der Waals surface area contributed by atoms with Crippen LogP contribution in [0.2, 0.25) is 5.15 Å². The molecule has 1 aromatic heterocycles. The normalized spacial score (nSPS) is 13.2. The molecule has 0 bridgehead atoms. The summed E-state index contributed by atoms with van der Waals surface area (Å²) in [7, 11) is 0. The fraction of sp³-hybridized carbons (Fsp3) is 0.200. The molecule has 1 aliphatic rings. The van der Waals surface area contributed by atoms with Crippen molar-refractivity contribution in [2.75, 3.05) is 23.5 Å². The zero-order valence-corrected chi connectivity index (χ0v) is 12.9. The largest absolute Gasteiger partial charge is 0.436 e. The minimum absolute atomic E-state index is 0.0810. The molecular weight excluding hydrogens is 308 g/mol. The molecular formula is C15H13ClN2O2S. The van der Waals surface area contributed by atoms with Crippen molar-refractivity contribution in [3.63, 3.8) is 0 Å². The second-order valence-electron chi connectivity index (χ2n) is 4.51. The van der Waals surface area contributed by atoms with Crippen molar-refractivity contribution in [3.8, 4) is 11.6 Å². The fourth-order valence-electron chi connectivity index (χ4n) is 2.19. The highest BCUT2D eigenvalue weighted by Gasteiger charge is 2.28. The van der Waals surface area contributed by atoms with Crippen LogP contribution < -0.4 is 9.64 Å². The van der Waals surface area contributed by atoms with E-state index in [0.717, 1.165) is 5.75 Å². The molecule has 0 radical (unpaired) electrons. The lowest BCUT2D eigenvalue weighted by Crippen LogP contribution is -2.32. The van der Waals surface area contributed by atoms with E-state index in [9.17, 15) is 4.79 Å². The fourth-order valence-corrected chi connectivity index (χ4v) is 2.69. The summed E-state index contributed by atoms with van der Waals surface area (Å²) in [5.74, 6) is 1.62. The van der Waals surface area contributed by atoms with Gasteiger partial charge in [0.15, 0.2) is 0 Å². The van der Waals surface area contributed by atoms with Gasteiger partial charge in [-0.25, -0.2) is 0 Å². The molecule has 0 saturated heterocycles. The average Bonchev–Trinajstić information content (AvgIpc) is 2.60. The predicted octanol–water partition coefficient (Wildman–Crippen LogP) is 3.85. The summed E-state index contributed by atoms with van der Waals surface area (Å²) in [5, 5.41) is 0.338. The summed E-state index contributed by atoms with van der Waals surface area (Å²) < 4.78 is 5.80. The number of aromatic nitrogens is 1. The lowest BCUT2D eigenvalue weighted by molar-refractivity contribution is 0.0988. The number of fused-ring (bicyclic) bond motifs is 2. The first kappa shape index (κ1) is 14.2. The summed E-state index contributed by atoms with van der Waals surface area (Å²) in [4.78, 5) is 18.7. The highest BCUT2D eigenvalue weighted by molar-refractivity contribution is 7.98. The smallest absolute Gasteiger partial charge is 0.262 e. The van der Waals surface area contributed by atoms with E-state index in [0.29, 0.717) is 34.6 Å². The molecule has 1 amide bonds. The number of hydrogen-bond donors (Lipinski definition) is 0. The molecule has 0 unspecified atom stereocenters. The number of nitrogens with zero attached hydrogens (tertiary/aromatic N) is 2. The number of halogens is 1. The molecule has 108 valence electrons. The van der Waals surface area contributed by atoms with Crippen molar-refractivity contribution in [3.05, 3.63) is 47.1 Å². The Bertz CT molecular complexity index is 693. The topological polar surface area (TPSA) is 42.4 Å². The average molecular weight is 321 g/mol. The molecule has 4 nitrogen and oxygen atoms in total. The highest BCUT2D eigenvalue weighted by atomic mass is 35.5. The van der Waals surface area contributed by atoms with E-state index in [1.54, 1.807) is 40.9 Å². The minimum Gasteiger partial charge on any atom is -0.436 e. The second kappa shape index (κ2) is 5.95. The summed E-state index contributed by atoms with van der Waals surface area (Å²) in [5.41, 5.74) is 1.18. The van der Waals surface area contributed by atoms with Gasteiger partial charge >= 0.3 is 0 Å². The number of ether oxygens (including phenoxy) is 1. The van der Waals surface area contributed by atoms with Crippen molar-refractivity contribution >= 4 is 35.0 Å². The van der Waals surface area contributed by atoms with Gasteiger partial charge in [0.2, 0.25) is 5.88 Å². The maximum Gasteiger partial charge on any atom is 0.262 e. The van der Waals surface area contributed by atoms with Crippen LogP contribution >= 0.6 is 23.4 Å². The molecule has 2 aromatic rings. The van der Waals surface area contributed by atoms with Crippen LogP contribution in [-0.2, 0) is 0 Å². The van der Waals surface area contributed by atoms with Crippen molar-refractivity contribution in [1.29, 1.82) is 0 Å². The molecule has 0 spiro atoms. The minimum atomic E-state index is -0.0810. The second-order valence-corrected chi connectivity index (χ2v) is 5.88. The van der Waals surface area contributed by atoms with Gasteiger partial charge in [0.1, 0.15) is 16.6 Å². The number of para-hydroxylation sites is 1. The number of thioether (sulfide) groups is 1. The number of hydrogen-bond acceptors (Lipinski definition) is 4. The number of benzene rings is 1. The summed E-state index contributed by atoms with van der Waals surface area (Å²) in [6.07, 6.45) is 2.01. The Hall–Kier alpha value is -1.72. The van der Waals surface area contributed by atoms with E-state index in [4.69, 9.17) is 16.3 Å². The molecule has 0 aliphatic carbocycles. The Balaban J connectivity index is 2.13. The first-order chi connectivity index (χ1) is 10.2. The van der Waals surface area contributed by atoms with Crippen LogP contribution in [0.15, 0.2) is 36.4 Å². The van der Waals surface area contributed by atoms with Gasteiger partial charge in [-0.1, -0.05) is 23.7 Å². The summed E-state index contributed by atoms with van der Waals surface area (Å²) in [6, 6.07) is 10.6. The molecule has 0 atom stereocenters. The Morgan fingerprint density at radius 2 is 2.10 bits per heavy atom. The van der Waals surface area contributed by atoms with Crippen molar-refractivity contribution < 1.29 is 9.53 Å². The Kier molecular flexibility index (Phi) is 4.03. The van der Waals surface area contributed by atoms with Gasteiger partial charge in [0.05, 0.1) is 5.56 Å². The van der Waals surface area contributed by atoms with E-state index in [2.05, 4.69) is 4.98 Å². The van der Waals surface area contributed by atoms with Gasteiger partial charge in [0.25, 0.3) is 5.91 Å². The molecule has 1 aliphatic heterocycles. The maximum absolute atomic E-state index is 12.8. The van der Waals surface area contributed by atoms with Gasteiger partial charge < -0.3 is 9.64 Å². The zero-order chi connectivity index (χ0) is 14.8. The number of carbonyl (C=O) groups excluding carboxylic acids is 1. The molecule has 1 aromatic carbocycles. The molecule has 0 fully saturated rings. The number of carbonyl (C=O) groups is 1. The molecule has 6 heteroatoms. The van der Waals surface area contributed by atoms with E-state index in [-0.39, 0.29) is 5.91 Å². The molecule has 3 rings (SSSR count). The quantitative estimate of drug-likeness (QED) is 0.806. The Morgan fingerprint density at radius 3 is 2.90 bits per heavy atom. The third-order valence-corrected chi connectivity index (χ3v) is 3.99. The van der Waals surface area contributed by atoms with Gasteiger partial charge in [-0.05, 0) is 30.5 Å². The standard InChI is InChI=1S/C15H13ClN2O2S/c1-21-9-8-18-11-6-7-13(16)17-14(11)20-12-5-3-2-4-10(12)15(18)19/h2-7H,8-9H2,1H3. The number of pyridine rings is 1. The van der Waals surface area contributed by atoms with Gasteiger partial charge in [-0.3, -0.25) is 4.79 Å². The van der Waals surface area contributed by atoms with Crippen molar-refractivity contribution in [1.82, 2.24) is 4.98 Å². The third kappa shape index (κ3) is 2.71. The Morgan fingerprint density at radius 1 is 1.29 bits per heavy atom. The zero-order valence-electron chi connectivity index (χ0n) is 11.4. The SMILES string of the molecule is CSCCN1C(=O)c2ccccc2Oc2nc(Cl)ccc21. The van der Waals surface area contributed by atoms with Crippen LogP contribution in [0.25, 0.3) is 0 Å². The third-order valence-electron chi connectivity index (χ3n) is 3.19. The van der Waals surface area contributed by atoms with Gasteiger partial charge in [-0.2, -0.15) is 16.7 Å². The molecule has 0 N–H and O–H groups in total. The first-order valence-corrected chi connectivity index (χ1v) is 8.22. The molecule has 21 heavy (non-hydrogen) atoms. The lowest BCUT2D eigenvalue weighted by atomic mass is 10.1. The first-order valence-electron chi connectivity index (χ1n) is 6.45. The van der Waals surface area contributed by atoms with E-state index < -0.39 is 0 Å². The van der Waals surface area contributed by atoms with E-state index in [1.807, 2.05) is 18.4 Å². The molecule has 0 saturated carbocycles.